The van der Waals surface area contributed by atoms with Crippen molar-refractivity contribution in [3.05, 3.63) is 58.8 Å². The number of ether oxygens (including phenoxy) is 1. The molecule has 3 heterocycles. The van der Waals surface area contributed by atoms with E-state index in [1.165, 1.54) is 18.3 Å². The number of nitrogens with zero attached hydrogens (tertiary/aromatic N) is 3. The van der Waals surface area contributed by atoms with Crippen LogP contribution in [0.15, 0.2) is 46.3 Å². The predicted octanol–water partition coefficient (Wildman–Crippen LogP) is 2.53. The second kappa shape index (κ2) is 6.76. The van der Waals surface area contributed by atoms with Crippen molar-refractivity contribution in [3.63, 3.8) is 0 Å². The smallest absolute Gasteiger partial charge is 0.329 e. The summed E-state index contributed by atoms with van der Waals surface area (Å²) >= 11 is 1.46. The van der Waals surface area contributed by atoms with Gasteiger partial charge in [0.15, 0.2) is 6.61 Å². The van der Waals surface area contributed by atoms with Crippen LogP contribution < -0.4 is 0 Å². The van der Waals surface area contributed by atoms with Gasteiger partial charge in [0.05, 0.1) is 16.0 Å². The molecule has 2 amide bonds. The topological polar surface area (TPSA) is 103 Å². The Morgan fingerprint density at radius 2 is 1.89 bits per heavy atom. The highest BCUT2D eigenvalue weighted by atomic mass is 32.1. The first-order chi connectivity index (χ1) is 13.1. The van der Waals surface area contributed by atoms with Crippen molar-refractivity contribution in [1.29, 1.82) is 0 Å². The van der Waals surface area contributed by atoms with E-state index in [0.717, 1.165) is 9.78 Å². The van der Waals surface area contributed by atoms with Gasteiger partial charge in [-0.25, -0.2) is 4.79 Å². The summed E-state index contributed by atoms with van der Waals surface area (Å²) in [5, 5.41) is 5.71. The number of thiophene rings is 1. The summed E-state index contributed by atoms with van der Waals surface area (Å²) in [5.41, 5.74) is 0.555. The maximum atomic E-state index is 12.4. The van der Waals surface area contributed by atoms with Gasteiger partial charge in [-0.15, -0.1) is 11.3 Å². The number of carbonyl (C=O) groups is 3. The number of hydrogen-bond acceptors (Lipinski definition) is 8. The van der Waals surface area contributed by atoms with Crippen LogP contribution in [-0.2, 0) is 16.1 Å². The van der Waals surface area contributed by atoms with E-state index in [4.69, 9.17) is 9.26 Å². The van der Waals surface area contributed by atoms with Gasteiger partial charge in [-0.1, -0.05) is 23.4 Å². The van der Waals surface area contributed by atoms with Crippen LogP contribution in [-0.4, -0.2) is 38.9 Å². The van der Waals surface area contributed by atoms with Gasteiger partial charge in [0.1, 0.15) is 6.04 Å². The highest BCUT2D eigenvalue weighted by Crippen LogP contribution is 2.25. The van der Waals surface area contributed by atoms with E-state index in [9.17, 15) is 14.4 Å². The molecule has 4 rings (SSSR count). The van der Waals surface area contributed by atoms with Crippen LogP contribution in [0.1, 0.15) is 33.5 Å². The van der Waals surface area contributed by atoms with Gasteiger partial charge < -0.3 is 9.26 Å². The molecule has 9 heteroatoms. The molecule has 0 spiro atoms. The number of fused-ring (bicyclic) bond motifs is 1. The molecule has 1 aliphatic rings. The van der Waals surface area contributed by atoms with E-state index in [0.29, 0.717) is 5.82 Å². The Morgan fingerprint density at radius 1 is 1.19 bits per heavy atom. The zero-order valence-electron chi connectivity index (χ0n) is 14.1. The third-order valence-electron chi connectivity index (χ3n) is 4.10. The van der Waals surface area contributed by atoms with Crippen LogP contribution in [0, 0.1) is 0 Å². The van der Waals surface area contributed by atoms with Crippen LogP contribution in [0.2, 0.25) is 0 Å². The van der Waals surface area contributed by atoms with Crippen LogP contribution in [0.3, 0.4) is 0 Å². The largest absolute Gasteiger partial charge is 0.454 e. The standard InChI is InChI=1S/C18H13N3O5S/c1-10(21-16(22)11-5-2-3-6-12(11)17(21)23)18(24)25-9-14-19-15(20-26-14)13-7-4-8-27-13/h2-8,10H,9H2,1H3/t10-/m1/s1. The zero-order chi connectivity index (χ0) is 19.0. The lowest BCUT2D eigenvalue weighted by Crippen LogP contribution is -2.43. The Labute approximate surface area is 157 Å². The van der Waals surface area contributed by atoms with Crippen LogP contribution in [0.4, 0.5) is 0 Å². The molecule has 1 atom stereocenters. The first-order valence-electron chi connectivity index (χ1n) is 8.06. The van der Waals surface area contributed by atoms with Gasteiger partial charge in [0, 0.05) is 0 Å². The number of carbonyl (C=O) groups excluding carboxylic acids is 3. The highest BCUT2D eigenvalue weighted by molar-refractivity contribution is 7.13. The molecule has 0 unspecified atom stereocenters. The molecule has 0 radical (unpaired) electrons. The molecule has 0 saturated heterocycles. The van der Waals surface area contributed by atoms with Crippen molar-refractivity contribution in [2.45, 2.75) is 19.6 Å². The quantitative estimate of drug-likeness (QED) is 0.493. The Morgan fingerprint density at radius 3 is 2.52 bits per heavy atom. The molecular formula is C18H13N3O5S. The summed E-state index contributed by atoms with van der Waals surface area (Å²) in [6, 6.07) is 9.07. The normalized spacial score (nSPS) is 14.3. The Bertz CT molecular complexity index is 992. The Kier molecular flexibility index (Phi) is 4.28. The lowest BCUT2D eigenvalue weighted by atomic mass is 10.1. The molecule has 0 N–H and O–H groups in total. The van der Waals surface area contributed by atoms with Gasteiger partial charge in [-0.05, 0) is 30.5 Å². The summed E-state index contributed by atoms with van der Waals surface area (Å²) < 4.78 is 10.2. The second-order valence-electron chi connectivity index (χ2n) is 5.80. The fourth-order valence-electron chi connectivity index (χ4n) is 2.74. The van der Waals surface area contributed by atoms with Crippen molar-refractivity contribution in [2.75, 3.05) is 0 Å². The minimum atomic E-state index is -1.07. The number of benzene rings is 1. The molecule has 8 nitrogen and oxygen atoms in total. The molecule has 1 aliphatic heterocycles. The Balaban J connectivity index is 1.42. The Hall–Kier alpha value is -3.33. The van der Waals surface area contributed by atoms with Crippen molar-refractivity contribution in [3.8, 4) is 10.7 Å². The molecule has 136 valence electrons. The summed E-state index contributed by atoms with van der Waals surface area (Å²) in [6.45, 7) is 1.19. The van der Waals surface area contributed by atoms with E-state index < -0.39 is 23.8 Å². The first kappa shape index (κ1) is 17.1. The molecule has 2 aromatic heterocycles. The maximum absolute atomic E-state index is 12.4. The van der Waals surface area contributed by atoms with Crippen LogP contribution in [0.5, 0.6) is 0 Å². The van der Waals surface area contributed by atoms with E-state index in [1.807, 2.05) is 17.5 Å². The minimum absolute atomic E-state index is 0.126. The van der Waals surface area contributed by atoms with Crippen LogP contribution >= 0.6 is 11.3 Å². The van der Waals surface area contributed by atoms with Crippen molar-refractivity contribution >= 4 is 29.1 Å². The SMILES string of the molecule is C[C@H](C(=O)OCc1nc(-c2cccs2)no1)N1C(=O)c2ccccc2C1=O. The van der Waals surface area contributed by atoms with E-state index in [1.54, 1.807) is 24.3 Å². The number of amides is 2. The maximum Gasteiger partial charge on any atom is 0.329 e. The summed E-state index contributed by atoms with van der Waals surface area (Å²) in [4.78, 5) is 43.0. The van der Waals surface area contributed by atoms with Crippen molar-refractivity contribution < 1.29 is 23.6 Å². The first-order valence-corrected chi connectivity index (χ1v) is 8.94. The van der Waals surface area contributed by atoms with E-state index >= 15 is 0 Å². The van der Waals surface area contributed by atoms with Gasteiger partial charge >= 0.3 is 5.97 Å². The van der Waals surface area contributed by atoms with Crippen LogP contribution in [0.25, 0.3) is 10.7 Å². The van der Waals surface area contributed by atoms with E-state index in [-0.39, 0.29) is 23.6 Å². The lowest BCUT2D eigenvalue weighted by Gasteiger charge is -2.20. The number of esters is 1. The molecule has 3 aromatic rings. The average molecular weight is 383 g/mol. The third-order valence-corrected chi connectivity index (χ3v) is 4.97. The molecule has 1 aromatic carbocycles. The lowest BCUT2D eigenvalue weighted by molar-refractivity contribution is -0.149. The molecule has 0 saturated carbocycles. The van der Waals surface area contributed by atoms with Gasteiger partial charge in [0.2, 0.25) is 5.82 Å². The fraction of sp³-hybridized carbons (Fsp3) is 0.167. The van der Waals surface area contributed by atoms with Gasteiger partial charge in [-0.2, -0.15) is 4.98 Å². The molecule has 0 aliphatic carbocycles. The van der Waals surface area contributed by atoms with Gasteiger partial charge in [0.25, 0.3) is 17.7 Å². The van der Waals surface area contributed by atoms with Crippen molar-refractivity contribution in [2.24, 2.45) is 0 Å². The number of imide groups is 1. The fourth-order valence-corrected chi connectivity index (χ4v) is 3.39. The summed E-state index contributed by atoms with van der Waals surface area (Å²) in [7, 11) is 0. The predicted molar refractivity (Wildman–Crippen MR) is 93.8 cm³/mol. The molecule has 0 fully saturated rings. The van der Waals surface area contributed by atoms with Gasteiger partial charge in [-0.3, -0.25) is 14.5 Å². The molecule has 27 heavy (non-hydrogen) atoms. The average Bonchev–Trinajstić information content (AvgIpc) is 3.41. The number of rotatable bonds is 5. The van der Waals surface area contributed by atoms with Crippen molar-refractivity contribution in [1.82, 2.24) is 15.0 Å². The number of aromatic nitrogens is 2. The summed E-state index contributed by atoms with van der Waals surface area (Å²) in [6.07, 6.45) is 0. The highest BCUT2D eigenvalue weighted by Gasteiger charge is 2.41. The second-order valence-corrected chi connectivity index (χ2v) is 6.75. The molecular weight excluding hydrogens is 370 g/mol. The minimum Gasteiger partial charge on any atom is -0.454 e. The monoisotopic (exact) mass is 383 g/mol. The third kappa shape index (κ3) is 3.02. The number of hydrogen-bond donors (Lipinski definition) is 0. The summed E-state index contributed by atoms with van der Waals surface area (Å²) in [5.74, 6) is -1.23. The van der Waals surface area contributed by atoms with E-state index in [2.05, 4.69) is 10.1 Å². The zero-order valence-corrected chi connectivity index (χ0v) is 14.9. The molecule has 0 bridgehead atoms.